The number of unbranched alkanes of at least 4 members (excludes halogenated alkanes) is 1. The highest BCUT2D eigenvalue weighted by molar-refractivity contribution is 5.69. The van der Waals surface area contributed by atoms with Crippen LogP contribution in [0.5, 0.6) is 0 Å². The molecule has 0 saturated carbocycles. The predicted octanol–water partition coefficient (Wildman–Crippen LogP) is 5.44. The maximum absolute atomic E-state index is 11.2. The maximum Gasteiger partial charge on any atom is 0.305 e. The molecule has 0 aromatic rings. The molecule has 1 N–H and O–H groups in total. The van der Waals surface area contributed by atoms with E-state index in [1.807, 2.05) is 0 Å². The van der Waals surface area contributed by atoms with Crippen molar-refractivity contribution in [2.24, 2.45) is 0 Å². The van der Waals surface area contributed by atoms with Crippen molar-refractivity contribution in [1.82, 2.24) is 0 Å². The van der Waals surface area contributed by atoms with Gasteiger partial charge in [-0.05, 0) is 44.9 Å². The summed E-state index contributed by atoms with van der Waals surface area (Å²) in [6.45, 7) is 2.13. The predicted molar refractivity (Wildman–Crippen MR) is 106 cm³/mol. The van der Waals surface area contributed by atoms with Gasteiger partial charge in [-0.3, -0.25) is 4.79 Å². The average molecular weight is 347 g/mol. The Morgan fingerprint density at radius 1 is 0.800 bits per heavy atom. The summed E-state index contributed by atoms with van der Waals surface area (Å²) in [7, 11) is 0. The topological polar surface area (TPSA) is 46.5 Å². The van der Waals surface area contributed by atoms with Gasteiger partial charge in [0.25, 0.3) is 0 Å². The molecule has 0 aliphatic rings. The normalized spacial score (nSPS) is 12.6. The summed E-state index contributed by atoms with van der Waals surface area (Å²) in [4.78, 5) is 11.2. The fraction of sp³-hybridized carbons (Fsp3) is 0.500. The summed E-state index contributed by atoms with van der Waals surface area (Å²) >= 11 is 0. The highest BCUT2D eigenvalue weighted by atomic mass is 16.5. The van der Waals surface area contributed by atoms with Crippen LogP contribution >= 0.6 is 0 Å². The Kier molecular flexibility index (Phi) is 18.7. The van der Waals surface area contributed by atoms with Crippen LogP contribution in [0.15, 0.2) is 60.8 Å². The van der Waals surface area contributed by atoms with E-state index in [-0.39, 0.29) is 19.2 Å². The van der Waals surface area contributed by atoms with Crippen LogP contribution in [0.2, 0.25) is 0 Å². The highest BCUT2D eigenvalue weighted by Crippen LogP contribution is 2.00. The van der Waals surface area contributed by atoms with Crippen molar-refractivity contribution in [1.29, 1.82) is 0 Å². The van der Waals surface area contributed by atoms with Gasteiger partial charge in [0.1, 0.15) is 6.61 Å². The molecule has 0 fully saturated rings. The van der Waals surface area contributed by atoms with Crippen molar-refractivity contribution in [3.8, 4) is 0 Å². The third kappa shape index (κ3) is 20.1. The average Bonchev–Trinajstić information content (AvgIpc) is 2.62. The number of esters is 1. The summed E-state index contributed by atoms with van der Waals surface area (Å²) in [5, 5.41) is 8.53. The van der Waals surface area contributed by atoms with Crippen LogP contribution in [-0.4, -0.2) is 24.3 Å². The first-order valence-corrected chi connectivity index (χ1v) is 9.32. The van der Waals surface area contributed by atoms with Crippen LogP contribution in [0.3, 0.4) is 0 Å². The first-order chi connectivity index (χ1) is 12.3. The fourth-order valence-corrected chi connectivity index (χ4v) is 1.96. The molecular weight excluding hydrogens is 312 g/mol. The van der Waals surface area contributed by atoms with Crippen LogP contribution in [0.1, 0.15) is 58.3 Å². The zero-order valence-electron chi connectivity index (χ0n) is 15.6. The summed E-state index contributed by atoms with van der Waals surface area (Å²) in [5.41, 5.74) is 0. The highest BCUT2D eigenvalue weighted by Gasteiger charge is 1.99. The number of carbonyl (C=O) groups excluding carboxylic acids is 1. The van der Waals surface area contributed by atoms with E-state index in [1.54, 1.807) is 0 Å². The van der Waals surface area contributed by atoms with Gasteiger partial charge in [0.2, 0.25) is 0 Å². The second kappa shape index (κ2) is 20.2. The molecule has 0 aromatic carbocycles. The van der Waals surface area contributed by atoms with E-state index in [2.05, 4.69) is 67.7 Å². The number of rotatable bonds is 15. The molecule has 0 heterocycles. The standard InChI is InChI=1S/C22H34O3/c1-2-3-4-5-6-7-8-9-10-11-12-13-14-15-16-17-18-19-22(24)25-21-20-23/h3-4,6-7,9-10,12-13,15-16,23H,2,5,8,11,14,17-21H2,1H3/b4-3-,7-6-,10-9-,13-12-,16-15-. The van der Waals surface area contributed by atoms with Gasteiger partial charge in [-0.25, -0.2) is 0 Å². The molecule has 0 saturated heterocycles. The molecule has 0 aliphatic carbocycles. The van der Waals surface area contributed by atoms with Crippen LogP contribution in [0, 0.1) is 0 Å². The third-order valence-electron chi connectivity index (χ3n) is 3.26. The Bertz CT molecular complexity index is 442. The number of hydrogen-bond acceptors (Lipinski definition) is 3. The molecule has 0 unspecified atom stereocenters. The summed E-state index contributed by atoms with van der Waals surface area (Å²) in [6.07, 6.45) is 28.8. The van der Waals surface area contributed by atoms with Crippen LogP contribution in [0.25, 0.3) is 0 Å². The zero-order chi connectivity index (χ0) is 18.4. The lowest BCUT2D eigenvalue weighted by molar-refractivity contribution is -0.144. The molecule has 0 aliphatic heterocycles. The smallest absolute Gasteiger partial charge is 0.305 e. The number of hydrogen-bond donors (Lipinski definition) is 1. The van der Waals surface area contributed by atoms with Gasteiger partial charge in [0.15, 0.2) is 0 Å². The van der Waals surface area contributed by atoms with Crippen molar-refractivity contribution in [3.05, 3.63) is 60.8 Å². The lowest BCUT2D eigenvalue weighted by Crippen LogP contribution is -2.07. The van der Waals surface area contributed by atoms with Crippen LogP contribution < -0.4 is 0 Å². The van der Waals surface area contributed by atoms with Gasteiger partial charge in [0.05, 0.1) is 6.61 Å². The molecule has 0 rings (SSSR count). The molecule has 0 amide bonds. The molecule has 0 aromatic heterocycles. The monoisotopic (exact) mass is 346 g/mol. The Labute approximate surface area is 153 Å². The van der Waals surface area contributed by atoms with Gasteiger partial charge >= 0.3 is 5.97 Å². The van der Waals surface area contributed by atoms with Gasteiger partial charge in [-0.2, -0.15) is 0 Å². The second-order valence-electron chi connectivity index (χ2n) is 5.54. The van der Waals surface area contributed by atoms with E-state index < -0.39 is 0 Å². The van der Waals surface area contributed by atoms with Crippen LogP contribution in [-0.2, 0) is 9.53 Å². The van der Waals surface area contributed by atoms with Crippen molar-refractivity contribution >= 4 is 5.97 Å². The molecule has 3 nitrogen and oxygen atoms in total. The minimum atomic E-state index is -0.235. The Balaban J connectivity index is 3.49. The molecule has 140 valence electrons. The van der Waals surface area contributed by atoms with Gasteiger partial charge in [0, 0.05) is 6.42 Å². The maximum atomic E-state index is 11.2. The van der Waals surface area contributed by atoms with Gasteiger partial charge < -0.3 is 9.84 Å². The molecular formula is C22H34O3. The number of ether oxygens (including phenoxy) is 1. The third-order valence-corrected chi connectivity index (χ3v) is 3.26. The van der Waals surface area contributed by atoms with E-state index >= 15 is 0 Å². The second-order valence-corrected chi connectivity index (χ2v) is 5.54. The van der Waals surface area contributed by atoms with Crippen molar-refractivity contribution < 1.29 is 14.6 Å². The molecule has 0 bridgehead atoms. The Morgan fingerprint density at radius 2 is 1.28 bits per heavy atom. The number of allylic oxidation sites excluding steroid dienone is 10. The number of aliphatic hydroxyl groups is 1. The first kappa shape index (κ1) is 23.1. The summed E-state index contributed by atoms with van der Waals surface area (Å²) < 4.78 is 4.78. The van der Waals surface area contributed by atoms with E-state index in [0.29, 0.717) is 6.42 Å². The van der Waals surface area contributed by atoms with Gasteiger partial charge in [-0.1, -0.05) is 67.7 Å². The molecule has 0 spiro atoms. The van der Waals surface area contributed by atoms with Crippen molar-refractivity contribution in [2.45, 2.75) is 58.3 Å². The van der Waals surface area contributed by atoms with Crippen molar-refractivity contribution in [3.63, 3.8) is 0 Å². The fourth-order valence-electron chi connectivity index (χ4n) is 1.96. The Hall–Kier alpha value is -1.87. The quantitative estimate of drug-likeness (QED) is 0.244. The van der Waals surface area contributed by atoms with E-state index in [4.69, 9.17) is 9.84 Å². The Morgan fingerprint density at radius 3 is 1.76 bits per heavy atom. The first-order valence-electron chi connectivity index (χ1n) is 9.32. The summed E-state index contributed by atoms with van der Waals surface area (Å²) in [5.74, 6) is -0.235. The summed E-state index contributed by atoms with van der Waals surface area (Å²) in [6, 6.07) is 0. The molecule has 3 heteroatoms. The lowest BCUT2D eigenvalue weighted by atomic mass is 10.2. The molecule has 0 radical (unpaired) electrons. The number of aliphatic hydroxyl groups excluding tert-OH is 1. The molecule has 25 heavy (non-hydrogen) atoms. The minimum Gasteiger partial charge on any atom is -0.463 e. The number of carbonyl (C=O) groups is 1. The lowest BCUT2D eigenvalue weighted by Gasteiger charge is -2.00. The van der Waals surface area contributed by atoms with E-state index in [0.717, 1.165) is 44.9 Å². The molecule has 0 atom stereocenters. The van der Waals surface area contributed by atoms with Gasteiger partial charge in [-0.15, -0.1) is 0 Å². The van der Waals surface area contributed by atoms with E-state index in [1.165, 1.54) is 0 Å². The largest absolute Gasteiger partial charge is 0.463 e. The van der Waals surface area contributed by atoms with E-state index in [9.17, 15) is 4.79 Å². The van der Waals surface area contributed by atoms with Crippen LogP contribution in [0.4, 0.5) is 0 Å². The minimum absolute atomic E-state index is 0.0977. The SMILES string of the molecule is CC/C=C\C/C=C\C/C=C\C/C=C\C/C=C\CCCC(=O)OCCO. The zero-order valence-corrected chi connectivity index (χ0v) is 15.6. The van der Waals surface area contributed by atoms with Crippen molar-refractivity contribution in [2.75, 3.05) is 13.2 Å².